The molecule has 2 aromatic rings. The van der Waals surface area contributed by atoms with E-state index in [4.69, 9.17) is 4.42 Å². The molecule has 1 fully saturated rings. The lowest BCUT2D eigenvalue weighted by atomic mass is 10.1. The van der Waals surface area contributed by atoms with Crippen LogP contribution in [-0.2, 0) is 13.1 Å². The lowest BCUT2D eigenvalue weighted by Gasteiger charge is -2.18. The summed E-state index contributed by atoms with van der Waals surface area (Å²) in [5.74, 6) is 1.09. The van der Waals surface area contributed by atoms with Crippen LogP contribution in [0.5, 0.6) is 0 Å². The number of nitrogens with zero attached hydrogens (tertiary/aromatic N) is 1. The second-order valence-electron chi connectivity index (χ2n) is 5.77. The van der Waals surface area contributed by atoms with Gasteiger partial charge in [-0.25, -0.2) is 0 Å². The Bertz CT molecular complexity index is 613. The Labute approximate surface area is 126 Å². The first-order valence-corrected chi connectivity index (χ1v) is 7.87. The molecule has 0 atom stereocenters. The zero-order chi connectivity index (χ0) is 14.7. The van der Waals surface area contributed by atoms with Crippen LogP contribution in [-0.4, -0.2) is 24.0 Å². The van der Waals surface area contributed by atoms with Gasteiger partial charge < -0.3 is 9.73 Å². The first-order chi connectivity index (χ1) is 10.3. The van der Waals surface area contributed by atoms with E-state index in [9.17, 15) is 0 Å². The number of rotatable bonds is 8. The molecule has 1 aromatic heterocycles. The maximum atomic E-state index is 6.09. The average molecular weight is 284 g/mol. The first-order valence-electron chi connectivity index (χ1n) is 7.87. The van der Waals surface area contributed by atoms with Gasteiger partial charge in [-0.3, -0.25) is 4.90 Å². The summed E-state index contributed by atoms with van der Waals surface area (Å²) in [5, 5.41) is 4.81. The van der Waals surface area contributed by atoms with Crippen LogP contribution >= 0.6 is 0 Å². The van der Waals surface area contributed by atoms with Gasteiger partial charge in [0.25, 0.3) is 0 Å². The SMILES string of the molecule is C=CCN(CC)Cc1c(CNC2CC2)oc2ccccc12. The molecule has 0 amide bonds. The number of para-hydroxylation sites is 1. The zero-order valence-electron chi connectivity index (χ0n) is 12.8. The minimum atomic E-state index is 0.696. The van der Waals surface area contributed by atoms with Gasteiger partial charge in [0.05, 0.1) is 6.54 Å². The fourth-order valence-corrected chi connectivity index (χ4v) is 2.70. The predicted octanol–water partition coefficient (Wildman–Crippen LogP) is 3.69. The van der Waals surface area contributed by atoms with Crippen molar-refractivity contribution in [1.29, 1.82) is 0 Å². The second kappa shape index (κ2) is 6.46. The summed E-state index contributed by atoms with van der Waals surface area (Å²) < 4.78 is 6.09. The molecule has 1 heterocycles. The highest BCUT2D eigenvalue weighted by Crippen LogP contribution is 2.28. The van der Waals surface area contributed by atoms with Crippen molar-refractivity contribution in [3.63, 3.8) is 0 Å². The van der Waals surface area contributed by atoms with E-state index < -0.39 is 0 Å². The molecule has 0 aliphatic heterocycles. The molecule has 112 valence electrons. The summed E-state index contributed by atoms with van der Waals surface area (Å²) in [6, 6.07) is 9.04. The standard InChI is InChI=1S/C18H24N2O/c1-3-11-20(4-2)13-16-15-7-5-6-8-17(15)21-18(16)12-19-14-9-10-14/h3,5-8,14,19H,1,4,9-13H2,2H3. The lowest BCUT2D eigenvalue weighted by molar-refractivity contribution is 0.308. The molecule has 21 heavy (non-hydrogen) atoms. The molecule has 1 aromatic carbocycles. The van der Waals surface area contributed by atoms with Crippen molar-refractivity contribution < 1.29 is 4.42 Å². The summed E-state index contributed by atoms with van der Waals surface area (Å²) in [5.41, 5.74) is 2.32. The number of furan rings is 1. The Balaban J connectivity index is 1.87. The Morgan fingerprint density at radius 2 is 2.19 bits per heavy atom. The van der Waals surface area contributed by atoms with Gasteiger partial charge in [-0.2, -0.15) is 0 Å². The van der Waals surface area contributed by atoms with Crippen molar-refractivity contribution in [1.82, 2.24) is 10.2 Å². The molecule has 1 aliphatic carbocycles. The van der Waals surface area contributed by atoms with Gasteiger partial charge in [-0.1, -0.05) is 31.2 Å². The molecule has 3 rings (SSSR count). The smallest absolute Gasteiger partial charge is 0.134 e. The number of fused-ring (bicyclic) bond motifs is 1. The van der Waals surface area contributed by atoms with E-state index in [1.165, 1.54) is 23.8 Å². The maximum Gasteiger partial charge on any atom is 0.134 e. The van der Waals surface area contributed by atoms with Crippen LogP contribution in [0.15, 0.2) is 41.3 Å². The highest BCUT2D eigenvalue weighted by molar-refractivity contribution is 5.82. The Morgan fingerprint density at radius 3 is 2.90 bits per heavy atom. The van der Waals surface area contributed by atoms with E-state index in [1.54, 1.807) is 0 Å². The van der Waals surface area contributed by atoms with Crippen molar-refractivity contribution in [2.75, 3.05) is 13.1 Å². The van der Waals surface area contributed by atoms with E-state index in [2.05, 4.69) is 41.9 Å². The highest BCUT2D eigenvalue weighted by Gasteiger charge is 2.22. The number of nitrogens with one attached hydrogen (secondary N) is 1. The molecule has 1 aliphatic rings. The van der Waals surface area contributed by atoms with E-state index in [0.29, 0.717) is 6.04 Å². The van der Waals surface area contributed by atoms with Crippen LogP contribution in [0.25, 0.3) is 11.0 Å². The minimum Gasteiger partial charge on any atom is -0.459 e. The van der Waals surface area contributed by atoms with Crippen molar-refractivity contribution in [2.45, 2.75) is 38.9 Å². The normalized spacial score (nSPS) is 15.0. The third-order valence-corrected chi connectivity index (χ3v) is 4.13. The Morgan fingerprint density at radius 1 is 1.38 bits per heavy atom. The topological polar surface area (TPSA) is 28.4 Å². The molecule has 0 saturated heterocycles. The molecule has 1 N–H and O–H groups in total. The molecular weight excluding hydrogens is 260 g/mol. The molecule has 0 unspecified atom stereocenters. The van der Waals surface area contributed by atoms with Crippen LogP contribution in [0, 0.1) is 0 Å². The van der Waals surface area contributed by atoms with Crippen molar-refractivity contribution >= 4 is 11.0 Å². The fraction of sp³-hybridized carbons (Fsp3) is 0.444. The van der Waals surface area contributed by atoms with Crippen molar-refractivity contribution in [2.24, 2.45) is 0 Å². The van der Waals surface area contributed by atoms with Crippen LogP contribution < -0.4 is 5.32 Å². The molecular formula is C18H24N2O. The maximum absolute atomic E-state index is 6.09. The number of likely N-dealkylation sites (N-methyl/N-ethyl adjacent to an activating group) is 1. The number of hydrogen-bond donors (Lipinski definition) is 1. The molecule has 3 heteroatoms. The Hall–Kier alpha value is -1.58. The number of benzene rings is 1. The quantitative estimate of drug-likeness (QED) is 0.749. The van der Waals surface area contributed by atoms with Crippen LogP contribution in [0.2, 0.25) is 0 Å². The number of hydrogen-bond acceptors (Lipinski definition) is 3. The molecule has 0 spiro atoms. The first kappa shape index (κ1) is 14.4. The zero-order valence-corrected chi connectivity index (χ0v) is 12.8. The third-order valence-electron chi connectivity index (χ3n) is 4.13. The van der Waals surface area contributed by atoms with E-state index >= 15 is 0 Å². The monoisotopic (exact) mass is 284 g/mol. The van der Waals surface area contributed by atoms with Gasteiger partial charge >= 0.3 is 0 Å². The second-order valence-corrected chi connectivity index (χ2v) is 5.77. The summed E-state index contributed by atoms with van der Waals surface area (Å²) >= 11 is 0. The van der Waals surface area contributed by atoms with Crippen molar-refractivity contribution in [3.05, 3.63) is 48.2 Å². The van der Waals surface area contributed by atoms with E-state index in [0.717, 1.165) is 37.5 Å². The third kappa shape index (κ3) is 3.36. The van der Waals surface area contributed by atoms with Crippen molar-refractivity contribution in [3.8, 4) is 0 Å². The van der Waals surface area contributed by atoms with E-state index in [1.807, 2.05) is 12.1 Å². The lowest BCUT2D eigenvalue weighted by Crippen LogP contribution is -2.24. The Kier molecular flexibility index (Phi) is 4.42. The fourth-order valence-electron chi connectivity index (χ4n) is 2.70. The van der Waals surface area contributed by atoms with Crippen LogP contribution in [0.4, 0.5) is 0 Å². The molecule has 0 radical (unpaired) electrons. The van der Waals surface area contributed by atoms with Gasteiger partial charge in [-0.05, 0) is 25.5 Å². The molecule has 1 saturated carbocycles. The summed E-state index contributed by atoms with van der Waals surface area (Å²) in [4.78, 5) is 2.38. The van der Waals surface area contributed by atoms with Gasteiger partial charge in [0.1, 0.15) is 11.3 Å². The summed E-state index contributed by atoms with van der Waals surface area (Å²) in [6.45, 7) is 9.72. The van der Waals surface area contributed by atoms with Gasteiger partial charge in [0.15, 0.2) is 0 Å². The minimum absolute atomic E-state index is 0.696. The van der Waals surface area contributed by atoms with Gasteiger partial charge in [0.2, 0.25) is 0 Å². The van der Waals surface area contributed by atoms with Gasteiger partial charge in [-0.15, -0.1) is 6.58 Å². The summed E-state index contributed by atoms with van der Waals surface area (Å²) in [7, 11) is 0. The average Bonchev–Trinajstić information content (AvgIpc) is 3.27. The van der Waals surface area contributed by atoms with Crippen LogP contribution in [0.1, 0.15) is 31.1 Å². The molecule has 3 nitrogen and oxygen atoms in total. The predicted molar refractivity (Wildman–Crippen MR) is 87.2 cm³/mol. The van der Waals surface area contributed by atoms with E-state index in [-0.39, 0.29) is 0 Å². The summed E-state index contributed by atoms with van der Waals surface area (Å²) in [6.07, 6.45) is 4.56. The largest absolute Gasteiger partial charge is 0.459 e. The van der Waals surface area contributed by atoms with Gasteiger partial charge in [0, 0.05) is 30.1 Å². The highest BCUT2D eigenvalue weighted by atomic mass is 16.3. The van der Waals surface area contributed by atoms with Crippen LogP contribution in [0.3, 0.4) is 0 Å². The molecule has 0 bridgehead atoms.